The number of hydrogen-bond donors (Lipinski definition) is 0. The molecular formula is C13H21ClN2S. The van der Waals surface area contributed by atoms with Gasteiger partial charge >= 0.3 is 0 Å². The minimum Gasteiger partial charge on any atom is -0.296 e. The third-order valence-corrected chi connectivity index (χ3v) is 4.83. The fraction of sp³-hybridized carbons (Fsp3) is 0.769. The van der Waals surface area contributed by atoms with Crippen molar-refractivity contribution in [3.05, 3.63) is 15.6 Å². The summed E-state index contributed by atoms with van der Waals surface area (Å²) >= 11 is 7.68. The van der Waals surface area contributed by atoms with E-state index in [1.54, 1.807) is 0 Å². The van der Waals surface area contributed by atoms with Crippen molar-refractivity contribution in [3.63, 3.8) is 0 Å². The Labute approximate surface area is 113 Å². The van der Waals surface area contributed by atoms with Crippen molar-refractivity contribution in [2.75, 3.05) is 19.0 Å². The van der Waals surface area contributed by atoms with Gasteiger partial charge < -0.3 is 0 Å². The van der Waals surface area contributed by atoms with Crippen LogP contribution in [0.2, 0.25) is 0 Å². The van der Waals surface area contributed by atoms with E-state index in [0.29, 0.717) is 0 Å². The van der Waals surface area contributed by atoms with Gasteiger partial charge in [-0.15, -0.1) is 22.9 Å². The van der Waals surface area contributed by atoms with Crippen LogP contribution in [0.4, 0.5) is 0 Å². The van der Waals surface area contributed by atoms with Crippen molar-refractivity contribution in [2.24, 2.45) is 5.92 Å². The fourth-order valence-corrected chi connectivity index (χ4v) is 3.77. The smallest absolute Gasteiger partial charge is 0.107 e. The Balaban J connectivity index is 1.90. The summed E-state index contributed by atoms with van der Waals surface area (Å²) in [6.45, 7) is 7.70. The van der Waals surface area contributed by atoms with Gasteiger partial charge in [-0.3, -0.25) is 4.90 Å². The van der Waals surface area contributed by atoms with Crippen LogP contribution in [0.1, 0.15) is 34.8 Å². The summed E-state index contributed by atoms with van der Waals surface area (Å²) < 4.78 is 0. The van der Waals surface area contributed by atoms with Gasteiger partial charge in [0.05, 0.1) is 12.2 Å². The molecule has 1 atom stereocenters. The second-order valence-electron chi connectivity index (χ2n) is 4.97. The second kappa shape index (κ2) is 6.17. The Morgan fingerprint density at radius 3 is 2.94 bits per heavy atom. The molecule has 0 amide bonds. The van der Waals surface area contributed by atoms with Gasteiger partial charge in [-0.25, -0.2) is 4.98 Å². The predicted molar refractivity (Wildman–Crippen MR) is 74.9 cm³/mol. The standard InChI is InChI=1S/C13H21ClN2S/c1-10-11(2)17-13(15-10)9-16-7-3-4-12(8-16)5-6-14/h12H,3-9H2,1-2H3. The number of halogens is 1. The second-order valence-corrected chi connectivity index (χ2v) is 6.64. The molecule has 0 aromatic carbocycles. The number of aromatic nitrogens is 1. The molecule has 1 aliphatic heterocycles. The maximum atomic E-state index is 5.84. The molecule has 1 aromatic heterocycles. The van der Waals surface area contributed by atoms with E-state index in [0.717, 1.165) is 24.8 Å². The molecule has 2 heterocycles. The van der Waals surface area contributed by atoms with Crippen LogP contribution in [0.3, 0.4) is 0 Å². The van der Waals surface area contributed by atoms with Crippen LogP contribution < -0.4 is 0 Å². The predicted octanol–water partition coefficient (Wildman–Crippen LogP) is 3.60. The molecule has 0 radical (unpaired) electrons. The number of thiazole rings is 1. The van der Waals surface area contributed by atoms with Gasteiger partial charge in [-0.2, -0.15) is 0 Å². The van der Waals surface area contributed by atoms with Crippen molar-refractivity contribution in [1.82, 2.24) is 9.88 Å². The number of alkyl halides is 1. The molecule has 96 valence electrons. The van der Waals surface area contributed by atoms with Crippen LogP contribution in [0.25, 0.3) is 0 Å². The molecule has 1 saturated heterocycles. The first-order chi connectivity index (χ1) is 8.19. The lowest BCUT2D eigenvalue weighted by molar-refractivity contribution is 0.165. The molecule has 1 aromatic rings. The summed E-state index contributed by atoms with van der Waals surface area (Å²) in [5.41, 5.74) is 1.19. The van der Waals surface area contributed by atoms with E-state index in [4.69, 9.17) is 11.6 Å². The first-order valence-electron chi connectivity index (χ1n) is 6.40. The number of aryl methyl sites for hydroxylation is 2. The minimum atomic E-state index is 0.795. The molecule has 17 heavy (non-hydrogen) atoms. The fourth-order valence-electron chi connectivity index (χ4n) is 2.48. The van der Waals surface area contributed by atoms with Gasteiger partial charge in [0.2, 0.25) is 0 Å². The highest BCUT2D eigenvalue weighted by Gasteiger charge is 2.20. The van der Waals surface area contributed by atoms with E-state index < -0.39 is 0 Å². The number of likely N-dealkylation sites (tertiary alicyclic amines) is 1. The highest BCUT2D eigenvalue weighted by atomic mass is 35.5. The average molecular weight is 273 g/mol. The van der Waals surface area contributed by atoms with Crippen LogP contribution in [0.15, 0.2) is 0 Å². The lowest BCUT2D eigenvalue weighted by atomic mass is 9.96. The number of piperidine rings is 1. The van der Waals surface area contributed by atoms with E-state index >= 15 is 0 Å². The zero-order chi connectivity index (χ0) is 12.3. The molecular weight excluding hydrogens is 252 g/mol. The molecule has 0 spiro atoms. The molecule has 0 saturated carbocycles. The third-order valence-electron chi connectivity index (χ3n) is 3.55. The summed E-state index contributed by atoms with van der Waals surface area (Å²) in [4.78, 5) is 8.52. The Morgan fingerprint density at radius 1 is 1.47 bits per heavy atom. The maximum absolute atomic E-state index is 5.84. The third kappa shape index (κ3) is 3.67. The zero-order valence-corrected chi connectivity index (χ0v) is 12.3. The van der Waals surface area contributed by atoms with Crippen LogP contribution in [0.5, 0.6) is 0 Å². The van der Waals surface area contributed by atoms with Gasteiger partial charge in [0.1, 0.15) is 5.01 Å². The van der Waals surface area contributed by atoms with Crippen LogP contribution in [-0.4, -0.2) is 28.9 Å². The summed E-state index contributed by atoms with van der Waals surface area (Å²) in [6.07, 6.45) is 3.82. The SMILES string of the molecule is Cc1nc(CN2CCCC(CCCl)C2)sc1C. The Morgan fingerprint density at radius 2 is 2.29 bits per heavy atom. The average Bonchev–Trinajstić information content (AvgIpc) is 2.59. The minimum absolute atomic E-state index is 0.795. The highest BCUT2D eigenvalue weighted by molar-refractivity contribution is 7.11. The molecule has 0 bridgehead atoms. The van der Waals surface area contributed by atoms with Gasteiger partial charge in [-0.1, -0.05) is 0 Å². The summed E-state index contributed by atoms with van der Waals surface area (Å²) in [6, 6.07) is 0. The molecule has 1 aliphatic rings. The lowest BCUT2D eigenvalue weighted by Crippen LogP contribution is -2.35. The van der Waals surface area contributed by atoms with E-state index in [1.807, 2.05) is 11.3 Å². The molecule has 1 fully saturated rings. The highest BCUT2D eigenvalue weighted by Crippen LogP contribution is 2.23. The van der Waals surface area contributed by atoms with E-state index in [-0.39, 0.29) is 0 Å². The van der Waals surface area contributed by atoms with E-state index in [9.17, 15) is 0 Å². The van der Waals surface area contributed by atoms with E-state index in [2.05, 4.69) is 23.7 Å². The van der Waals surface area contributed by atoms with Crippen molar-refractivity contribution >= 4 is 22.9 Å². The monoisotopic (exact) mass is 272 g/mol. The van der Waals surface area contributed by atoms with Gasteiger partial charge in [0, 0.05) is 17.3 Å². The number of nitrogens with zero attached hydrogens (tertiary/aromatic N) is 2. The van der Waals surface area contributed by atoms with E-state index in [1.165, 1.54) is 41.5 Å². The van der Waals surface area contributed by atoms with Crippen molar-refractivity contribution in [3.8, 4) is 0 Å². The van der Waals surface area contributed by atoms with Gasteiger partial charge in [-0.05, 0) is 45.6 Å². The molecule has 4 heteroatoms. The van der Waals surface area contributed by atoms with Gasteiger partial charge in [0.15, 0.2) is 0 Å². The largest absolute Gasteiger partial charge is 0.296 e. The number of rotatable bonds is 4. The van der Waals surface area contributed by atoms with Crippen molar-refractivity contribution in [1.29, 1.82) is 0 Å². The first-order valence-corrected chi connectivity index (χ1v) is 7.75. The Kier molecular flexibility index (Phi) is 4.83. The molecule has 0 N–H and O–H groups in total. The lowest BCUT2D eigenvalue weighted by Gasteiger charge is -2.31. The molecule has 2 rings (SSSR count). The van der Waals surface area contributed by atoms with Crippen LogP contribution in [0, 0.1) is 19.8 Å². The van der Waals surface area contributed by atoms with Crippen LogP contribution >= 0.6 is 22.9 Å². The summed E-state index contributed by atoms with van der Waals surface area (Å²) in [5.74, 6) is 1.59. The summed E-state index contributed by atoms with van der Waals surface area (Å²) in [5, 5.41) is 1.27. The first kappa shape index (κ1) is 13.3. The Bertz CT molecular complexity index is 343. The normalized spacial score (nSPS) is 21.9. The Hall–Kier alpha value is -0.120. The molecule has 2 nitrogen and oxygen atoms in total. The maximum Gasteiger partial charge on any atom is 0.107 e. The zero-order valence-electron chi connectivity index (χ0n) is 10.7. The topological polar surface area (TPSA) is 16.1 Å². The quantitative estimate of drug-likeness (QED) is 0.779. The summed E-state index contributed by atoms with van der Waals surface area (Å²) in [7, 11) is 0. The number of hydrogen-bond acceptors (Lipinski definition) is 3. The van der Waals surface area contributed by atoms with Gasteiger partial charge in [0.25, 0.3) is 0 Å². The van der Waals surface area contributed by atoms with Crippen molar-refractivity contribution in [2.45, 2.75) is 39.7 Å². The molecule has 1 unspecified atom stereocenters. The van der Waals surface area contributed by atoms with Crippen molar-refractivity contribution < 1.29 is 0 Å². The van der Waals surface area contributed by atoms with Crippen LogP contribution in [-0.2, 0) is 6.54 Å². The molecule has 0 aliphatic carbocycles.